The third-order valence-corrected chi connectivity index (χ3v) is 5.52. The zero-order valence-electron chi connectivity index (χ0n) is 18.9. The van der Waals surface area contributed by atoms with Gasteiger partial charge >= 0.3 is 5.91 Å². The van der Waals surface area contributed by atoms with Gasteiger partial charge in [0.25, 0.3) is 5.89 Å². The van der Waals surface area contributed by atoms with Crippen molar-refractivity contribution in [1.29, 1.82) is 0 Å². The van der Waals surface area contributed by atoms with Gasteiger partial charge in [0.15, 0.2) is 16.6 Å². The van der Waals surface area contributed by atoms with Crippen molar-refractivity contribution in [3.8, 4) is 11.3 Å². The molecule has 4 aromatic rings. The van der Waals surface area contributed by atoms with E-state index < -0.39 is 0 Å². The van der Waals surface area contributed by atoms with Gasteiger partial charge in [-0.25, -0.2) is 19.6 Å². The summed E-state index contributed by atoms with van der Waals surface area (Å²) in [6, 6.07) is 9.54. The van der Waals surface area contributed by atoms with E-state index in [0.29, 0.717) is 29.9 Å². The van der Waals surface area contributed by atoms with Crippen molar-refractivity contribution in [1.82, 2.24) is 30.0 Å². The summed E-state index contributed by atoms with van der Waals surface area (Å²) in [5.41, 5.74) is 1.61. The van der Waals surface area contributed by atoms with Crippen LogP contribution in [0.2, 0.25) is 0 Å². The van der Waals surface area contributed by atoms with Gasteiger partial charge in [-0.2, -0.15) is 5.10 Å². The number of benzene rings is 1. The van der Waals surface area contributed by atoms with Crippen LogP contribution in [-0.2, 0) is 6.54 Å². The molecule has 10 heteroatoms. The van der Waals surface area contributed by atoms with E-state index in [0.717, 1.165) is 34.7 Å². The molecule has 0 saturated carbocycles. The van der Waals surface area contributed by atoms with Gasteiger partial charge in [0.05, 0.1) is 24.3 Å². The first-order valence-electron chi connectivity index (χ1n) is 10.9. The van der Waals surface area contributed by atoms with E-state index in [1.54, 1.807) is 28.8 Å². The van der Waals surface area contributed by atoms with Gasteiger partial charge < -0.3 is 15.1 Å². The van der Waals surface area contributed by atoms with E-state index in [2.05, 4.69) is 51.5 Å². The molecule has 33 heavy (non-hydrogen) atoms. The number of carbonyl (C=O) groups excluding carboxylic acids is 1. The van der Waals surface area contributed by atoms with Crippen LogP contribution in [0.1, 0.15) is 31.5 Å². The summed E-state index contributed by atoms with van der Waals surface area (Å²) >= 11 is 1.58. The van der Waals surface area contributed by atoms with E-state index in [-0.39, 0.29) is 11.8 Å². The van der Waals surface area contributed by atoms with E-state index in [1.807, 2.05) is 30.3 Å². The van der Waals surface area contributed by atoms with Crippen molar-refractivity contribution in [2.24, 2.45) is 5.92 Å². The van der Waals surface area contributed by atoms with Gasteiger partial charge in [-0.1, -0.05) is 62.9 Å². The minimum Gasteiger partial charge on any atom is -0.432 e. The molecule has 3 aromatic heterocycles. The number of hydrogen-bond donors (Lipinski definition) is 2. The van der Waals surface area contributed by atoms with Gasteiger partial charge in [0.1, 0.15) is 5.82 Å². The highest BCUT2D eigenvalue weighted by Gasteiger charge is 2.16. The Hall–Kier alpha value is -3.40. The van der Waals surface area contributed by atoms with Crippen LogP contribution in [0.15, 0.2) is 52.3 Å². The van der Waals surface area contributed by atoms with Crippen LogP contribution in [0.3, 0.4) is 0 Å². The zero-order chi connectivity index (χ0) is 23.2. The Morgan fingerprint density at radius 1 is 1.18 bits per heavy atom. The second kappa shape index (κ2) is 10.5. The van der Waals surface area contributed by atoms with Crippen molar-refractivity contribution >= 4 is 34.5 Å². The van der Waals surface area contributed by atoms with Gasteiger partial charge in [0, 0.05) is 18.7 Å². The van der Waals surface area contributed by atoms with Crippen LogP contribution >= 0.6 is 11.8 Å². The van der Waals surface area contributed by atoms with E-state index >= 15 is 0 Å². The Kier molecular flexibility index (Phi) is 7.23. The molecule has 0 spiro atoms. The molecule has 0 aliphatic rings. The Morgan fingerprint density at radius 2 is 2.00 bits per heavy atom. The molecule has 4 rings (SSSR count). The second-order valence-corrected chi connectivity index (χ2v) is 9.05. The van der Waals surface area contributed by atoms with Crippen molar-refractivity contribution in [2.75, 3.05) is 24.2 Å². The molecule has 1 aromatic carbocycles. The fourth-order valence-electron chi connectivity index (χ4n) is 3.19. The van der Waals surface area contributed by atoms with Crippen molar-refractivity contribution < 1.29 is 9.21 Å². The molecule has 0 fully saturated rings. The molecule has 0 aliphatic heterocycles. The van der Waals surface area contributed by atoms with Crippen LogP contribution < -0.4 is 10.6 Å². The van der Waals surface area contributed by atoms with Crippen LogP contribution in [0.25, 0.3) is 22.4 Å². The second-order valence-electron chi connectivity index (χ2n) is 7.82. The van der Waals surface area contributed by atoms with Gasteiger partial charge in [-0.15, -0.1) is 0 Å². The number of aromatic nitrogens is 5. The number of carbonyl (C=O) groups is 1. The molecule has 0 atom stereocenters. The number of nitrogens with one attached hydrogen (secondary N) is 2. The monoisotopic (exact) mass is 465 g/mol. The first-order valence-corrected chi connectivity index (χ1v) is 11.9. The molecule has 3 heterocycles. The maximum absolute atomic E-state index is 12.5. The normalized spacial score (nSPS) is 11.3. The predicted molar refractivity (Wildman–Crippen MR) is 129 cm³/mol. The van der Waals surface area contributed by atoms with Gasteiger partial charge in [0.2, 0.25) is 0 Å². The number of nitrogens with zero attached hydrogens (tertiary/aromatic N) is 5. The predicted octanol–water partition coefficient (Wildman–Crippen LogP) is 4.09. The maximum Gasteiger partial charge on any atom is 0.307 e. The highest BCUT2D eigenvalue weighted by Crippen LogP contribution is 2.24. The largest absolute Gasteiger partial charge is 0.432 e. The minimum atomic E-state index is -0.371. The Bertz CT molecular complexity index is 1220. The molecule has 1 amide bonds. The molecule has 172 valence electrons. The quantitative estimate of drug-likeness (QED) is 0.266. The number of amides is 1. The van der Waals surface area contributed by atoms with Crippen LogP contribution in [0.5, 0.6) is 0 Å². The number of fused-ring (bicyclic) bond motifs is 1. The van der Waals surface area contributed by atoms with Crippen LogP contribution in [0.4, 0.5) is 5.82 Å². The first-order chi connectivity index (χ1) is 16.0. The van der Waals surface area contributed by atoms with Crippen molar-refractivity contribution in [3.63, 3.8) is 0 Å². The number of rotatable bonds is 10. The topological polar surface area (TPSA) is 111 Å². The fourth-order valence-corrected chi connectivity index (χ4v) is 3.76. The summed E-state index contributed by atoms with van der Waals surface area (Å²) in [5.74, 6) is 2.36. The molecule has 2 N–H and O–H groups in total. The SMILES string of the molecule is CCSc1nc(NCC(C)C)c2cnn(CCNC(=O)c3ncc(-c4ccccc4)o3)c2n1. The number of thioether (sulfide) groups is 1. The lowest BCUT2D eigenvalue weighted by Gasteiger charge is -2.11. The van der Waals surface area contributed by atoms with Gasteiger partial charge in [-0.05, 0) is 11.7 Å². The van der Waals surface area contributed by atoms with Crippen LogP contribution in [0, 0.1) is 5.92 Å². The summed E-state index contributed by atoms with van der Waals surface area (Å²) in [7, 11) is 0. The first kappa shape index (κ1) is 22.8. The van der Waals surface area contributed by atoms with Gasteiger partial charge in [-0.3, -0.25) is 4.79 Å². The molecule has 0 unspecified atom stereocenters. The smallest absolute Gasteiger partial charge is 0.307 e. The molecular formula is C23H27N7O2S. The number of oxazole rings is 1. The third-order valence-electron chi connectivity index (χ3n) is 4.79. The molecule has 0 radical (unpaired) electrons. The zero-order valence-corrected chi connectivity index (χ0v) is 19.7. The summed E-state index contributed by atoms with van der Waals surface area (Å²) < 4.78 is 7.40. The average molecular weight is 466 g/mol. The molecule has 0 aliphatic carbocycles. The number of hydrogen-bond acceptors (Lipinski definition) is 8. The summed E-state index contributed by atoms with van der Waals surface area (Å²) in [6.07, 6.45) is 3.32. The highest BCUT2D eigenvalue weighted by molar-refractivity contribution is 7.99. The highest BCUT2D eigenvalue weighted by atomic mass is 32.2. The molecular weight excluding hydrogens is 438 g/mol. The van der Waals surface area contributed by atoms with Crippen molar-refractivity contribution in [3.05, 3.63) is 48.6 Å². The average Bonchev–Trinajstić information content (AvgIpc) is 3.46. The third kappa shape index (κ3) is 5.51. The van der Waals surface area contributed by atoms with E-state index in [9.17, 15) is 4.79 Å². The van der Waals surface area contributed by atoms with Crippen molar-refractivity contribution in [2.45, 2.75) is 32.5 Å². The lowest BCUT2D eigenvalue weighted by molar-refractivity contribution is 0.0918. The van der Waals surface area contributed by atoms with Crippen LogP contribution in [-0.4, -0.2) is 49.5 Å². The minimum absolute atomic E-state index is 0.0308. The lowest BCUT2D eigenvalue weighted by atomic mass is 10.2. The lowest BCUT2D eigenvalue weighted by Crippen LogP contribution is -2.27. The molecule has 9 nitrogen and oxygen atoms in total. The summed E-state index contributed by atoms with van der Waals surface area (Å²) in [4.78, 5) is 25.9. The standard InChI is InChI=1S/C23H27N7O2S/c1-4-33-23-28-19(25-12-15(2)3)17-13-27-30(20(17)29-23)11-10-24-21(31)22-26-14-18(32-22)16-8-6-5-7-9-16/h5-9,13-15H,4,10-12H2,1-3H3,(H,24,31)(H,25,28,29). The summed E-state index contributed by atoms with van der Waals surface area (Å²) in [6.45, 7) is 7.99. The fraction of sp³-hybridized carbons (Fsp3) is 0.348. The molecule has 0 bridgehead atoms. The Labute approximate surface area is 196 Å². The van der Waals surface area contributed by atoms with E-state index in [4.69, 9.17) is 4.42 Å². The summed E-state index contributed by atoms with van der Waals surface area (Å²) in [5, 5.41) is 12.3. The maximum atomic E-state index is 12.5. The van der Waals surface area contributed by atoms with E-state index in [1.165, 1.54) is 0 Å². The number of anilines is 1. The molecule has 0 saturated heterocycles. The Balaban J connectivity index is 1.44. The Morgan fingerprint density at radius 3 is 2.76 bits per heavy atom.